The molecule has 0 radical (unpaired) electrons. The van der Waals surface area contributed by atoms with Gasteiger partial charge in [-0.1, -0.05) is 0 Å². The standard InChI is InChI=1S/C5H12O2/c1-5(7-2)3-4-6/h5-6H,3-4H2,1-2H3/p+1. The second kappa shape index (κ2) is 4.09. The summed E-state index contributed by atoms with van der Waals surface area (Å²) in [7, 11) is 1.67. The molecule has 0 aromatic carbocycles. The lowest BCUT2D eigenvalue weighted by molar-refractivity contribution is 0.0917. The molecule has 0 aliphatic rings. The molecule has 0 aliphatic carbocycles. The van der Waals surface area contributed by atoms with Crippen molar-refractivity contribution >= 4 is 0 Å². The number of hydrogen-bond donors (Lipinski definition) is 0. The van der Waals surface area contributed by atoms with Gasteiger partial charge in [0.25, 0.3) is 0 Å². The summed E-state index contributed by atoms with van der Waals surface area (Å²) in [5.74, 6) is 0. The maximum Gasteiger partial charge on any atom is 0.146 e. The lowest BCUT2D eigenvalue weighted by atomic mass is 10.3. The zero-order valence-corrected chi connectivity index (χ0v) is 4.90. The fraction of sp³-hybridized carbons (Fsp3) is 1.00. The van der Waals surface area contributed by atoms with Crippen LogP contribution in [0.25, 0.3) is 0 Å². The predicted octanol–water partition coefficient (Wildman–Crippen LogP) is 0.136. The Balaban J connectivity index is 2.83. The van der Waals surface area contributed by atoms with Crippen LogP contribution in [0.1, 0.15) is 13.3 Å². The Bertz CT molecular complexity index is 37.1. The van der Waals surface area contributed by atoms with Crippen LogP contribution in [0.15, 0.2) is 0 Å². The summed E-state index contributed by atoms with van der Waals surface area (Å²) in [6, 6.07) is 0. The molecule has 1 atom stereocenters. The Hall–Kier alpha value is -0.0800. The van der Waals surface area contributed by atoms with Crippen molar-refractivity contribution in [3.05, 3.63) is 0 Å². The van der Waals surface area contributed by atoms with Crippen LogP contribution in [0.5, 0.6) is 0 Å². The van der Waals surface area contributed by atoms with Crippen LogP contribution < -0.4 is 0 Å². The molecule has 1 unspecified atom stereocenters. The minimum Gasteiger partial charge on any atom is -0.445 e. The number of ether oxygens (including phenoxy) is 1. The van der Waals surface area contributed by atoms with Crippen LogP contribution in [-0.2, 0) is 4.74 Å². The van der Waals surface area contributed by atoms with Gasteiger partial charge in [0, 0.05) is 13.5 Å². The topological polar surface area (TPSA) is 32.1 Å². The highest BCUT2D eigenvalue weighted by molar-refractivity contribution is 4.44. The Morgan fingerprint density at radius 2 is 2.29 bits per heavy atom. The van der Waals surface area contributed by atoms with E-state index >= 15 is 0 Å². The van der Waals surface area contributed by atoms with Gasteiger partial charge in [-0.2, -0.15) is 0 Å². The number of hydrogen-bond acceptors (Lipinski definition) is 1. The summed E-state index contributed by atoms with van der Waals surface area (Å²) >= 11 is 0. The van der Waals surface area contributed by atoms with E-state index in [1.165, 1.54) is 0 Å². The second-order valence-electron chi connectivity index (χ2n) is 1.58. The average molecular weight is 105 g/mol. The summed E-state index contributed by atoms with van der Waals surface area (Å²) in [5, 5.41) is 6.76. The normalized spacial score (nSPS) is 14.1. The highest BCUT2D eigenvalue weighted by Gasteiger charge is 1.96. The molecule has 2 N–H and O–H groups in total. The van der Waals surface area contributed by atoms with E-state index in [2.05, 4.69) is 0 Å². The molecule has 0 spiro atoms. The van der Waals surface area contributed by atoms with Crippen LogP contribution in [0.2, 0.25) is 0 Å². The summed E-state index contributed by atoms with van der Waals surface area (Å²) < 4.78 is 4.87. The van der Waals surface area contributed by atoms with Crippen molar-refractivity contribution in [2.75, 3.05) is 13.7 Å². The monoisotopic (exact) mass is 105 g/mol. The molecule has 0 aromatic rings. The molecule has 0 saturated heterocycles. The van der Waals surface area contributed by atoms with Crippen molar-refractivity contribution in [3.8, 4) is 0 Å². The van der Waals surface area contributed by atoms with Crippen molar-refractivity contribution in [1.82, 2.24) is 0 Å². The zero-order chi connectivity index (χ0) is 5.70. The maximum atomic E-state index is 6.76. The first kappa shape index (κ1) is 6.92. The van der Waals surface area contributed by atoms with Crippen LogP contribution in [0.3, 0.4) is 0 Å². The molecule has 0 heterocycles. The molecule has 0 bridgehead atoms. The smallest absolute Gasteiger partial charge is 0.146 e. The van der Waals surface area contributed by atoms with Crippen molar-refractivity contribution in [2.24, 2.45) is 0 Å². The minimum atomic E-state index is 0.262. The van der Waals surface area contributed by atoms with Crippen molar-refractivity contribution in [1.29, 1.82) is 0 Å². The summed E-state index contributed by atoms with van der Waals surface area (Å²) in [4.78, 5) is 0. The van der Waals surface area contributed by atoms with Crippen molar-refractivity contribution in [3.63, 3.8) is 0 Å². The summed E-state index contributed by atoms with van der Waals surface area (Å²) in [6.45, 7) is 2.43. The van der Waals surface area contributed by atoms with E-state index in [4.69, 9.17) is 9.84 Å². The molecular weight excluding hydrogens is 92.1 g/mol. The fourth-order valence-electron chi connectivity index (χ4n) is 0.321. The average Bonchev–Trinajstić information content (AvgIpc) is 1.68. The van der Waals surface area contributed by atoms with E-state index in [1.54, 1.807) is 7.11 Å². The van der Waals surface area contributed by atoms with E-state index < -0.39 is 0 Å². The molecule has 0 amide bonds. The van der Waals surface area contributed by atoms with E-state index in [9.17, 15) is 0 Å². The van der Waals surface area contributed by atoms with Crippen molar-refractivity contribution in [2.45, 2.75) is 19.4 Å². The first-order valence-electron chi connectivity index (χ1n) is 2.48. The van der Waals surface area contributed by atoms with Gasteiger partial charge >= 0.3 is 0 Å². The summed E-state index contributed by atoms with van der Waals surface area (Å²) in [6.07, 6.45) is 1.11. The SMILES string of the molecule is COC(C)CC[OH2+]. The third-order valence-corrected chi connectivity index (χ3v) is 0.953. The van der Waals surface area contributed by atoms with Crippen LogP contribution in [-0.4, -0.2) is 24.9 Å². The van der Waals surface area contributed by atoms with Gasteiger partial charge in [0.2, 0.25) is 0 Å². The van der Waals surface area contributed by atoms with Gasteiger partial charge in [0.15, 0.2) is 0 Å². The third-order valence-electron chi connectivity index (χ3n) is 0.953. The Kier molecular flexibility index (Phi) is 4.04. The van der Waals surface area contributed by atoms with E-state index in [-0.39, 0.29) is 6.10 Å². The van der Waals surface area contributed by atoms with Gasteiger partial charge in [0.1, 0.15) is 6.61 Å². The lowest BCUT2D eigenvalue weighted by Gasteiger charge is -2.02. The molecule has 0 saturated carbocycles. The molecule has 2 heteroatoms. The zero-order valence-electron chi connectivity index (χ0n) is 4.90. The van der Waals surface area contributed by atoms with Crippen LogP contribution in [0.4, 0.5) is 0 Å². The highest BCUT2D eigenvalue weighted by atomic mass is 16.5. The molecule has 7 heavy (non-hydrogen) atoms. The highest BCUT2D eigenvalue weighted by Crippen LogP contribution is 1.90. The molecule has 44 valence electrons. The van der Waals surface area contributed by atoms with Gasteiger partial charge in [0.05, 0.1) is 6.10 Å². The number of rotatable bonds is 3. The fourth-order valence-corrected chi connectivity index (χ4v) is 0.321. The van der Waals surface area contributed by atoms with Gasteiger partial charge in [-0.3, -0.25) is 0 Å². The van der Waals surface area contributed by atoms with E-state index in [0.29, 0.717) is 6.61 Å². The van der Waals surface area contributed by atoms with Crippen LogP contribution >= 0.6 is 0 Å². The first-order valence-corrected chi connectivity index (χ1v) is 2.48. The Morgan fingerprint density at radius 3 is 2.43 bits per heavy atom. The third kappa shape index (κ3) is 3.76. The molecule has 0 aromatic heterocycles. The molecule has 2 nitrogen and oxygen atoms in total. The Morgan fingerprint density at radius 1 is 1.71 bits per heavy atom. The van der Waals surface area contributed by atoms with Crippen molar-refractivity contribution < 1.29 is 9.84 Å². The maximum absolute atomic E-state index is 6.76. The van der Waals surface area contributed by atoms with Crippen LogP contribution in [0, 0.1) is 0 Å². The molecule has 0 rings (SSSR count). The quantitative estimate of drug-likeness (QED) is 0.470. The Labute approximate surface area is 44.1 Å². The first-order chi connectivity index (χ1) is 3.31. The molecular formula is C5H13O2+. The second-order valence-corrected chi connectivity index (χ2v) is 1.58. The minimum absolute atomic E-state index is 0.262. The van der Waals surface area contributed by atoms with Gasteiger partial charge in [-0.25, -0.2) is 0 Å². The van der Waals surface area contributed by atoms with E-state index in [1.807, 2.05) is 6.92 Å². The largest absolute Gasteiger partial charge is 0.445 e. The number of methoxy groups -OCH3 is 1. The molecule has 0 aliphatic heterocycles. The lowest BCUT2D eigenvalue weighted by Crippen LogP contribution is -2.05. The van der Waals surface area contributed by atoms with Gasteiger partial charge in [-0.15, -0.1) is 0 Å². The predicted molar refractivity (Wildman–Crippen MR) is 29.6 cm³/mol. The summed E-state index contributed by atoms with van der Waals surface area (Å²) in [5.41, 5.74) is 0. The molecule has 0 fully saturated rings. The van der Waals surface area contributed by atoms with Gasteiger partial charge in [-0.05, 0) is 6.92 Å². The van der Waals surface area contributed by atoms with E-state index in [0.717, 1.165) is 6.42 Å². The van der Waals surface area contributed by atoms with Gasteiger partial charge < -0.3 is 9.84 Å².